The van der Waals surface area contributed by atoms with E-state index in [4.69, 9.17) is 4.98 Å². The van der Waals surface area contributed by atoms with E-state index in [1.165, 1.54) is 33.6 Å². The van der Waals surface area contributed by atoms with Crippen LogP contribution in [0.4, 0.5) is 5.13 Å². The summed E-state index contributed by atoms with van der Waals surface area (Å²) in [4.78, 5) is 8.61. The molecule has 0 unspecified atom stereocenters. The first-order valence-corrected chi connectivity index (χ1v) is 8.97. The van der Waals surface area contributed by atoms with Gasteiger partial charge in [0.05, 0.1) is 5.69 Å². The fourth-order valence-corrected chi connectivity index (χ4v) is 3.93. The summed E-state index contributed by atoms with van der Waals surface area (Å²) in [6, 6.07) is 0. The van der Waals surface area contributed by atoms with Crippen molar-refractivity contribution in [2.45, 2.75) is 46.2 Å². The molecule has 0 atom stereocenters. The number of thiazole rings is 1. The molecule has 0 aromatic carbocycles. The Kier molecular flexibility index (Phi) is 5.15. The highest BCUT2D eigenvalue weighted by atomic mass is 32.2. The minimum Gasteiger partial charge on any atom is -0.347 e. The van der Waals surface area contributed by atoms with E-state index in [-0.39, 0.29) is 5.54 Å². The Morgan fingerprint density at radius 2 is 2.05 bits per heavy atom. The first kappa shape index (κ1) is 15.1. The van der Waals surface area contributed by atoms with E-state index in [9.17, 15) is 0 Å². The van der Waals surface area contributed by atoms with E-state index < -0.39 is 0 Å². The van der Waals surface area contributed by atoms with Crippen LogP contribution in [0.5, 0.6) is 0 Å². The summed E-state index contributed by atoms with van der Waals surface area (Å²) in [5, 5.41) is 4.77. The molecule has 0 bridgehead atoms. The fourth-order valence-electron chi connectivity index (χ4n) is 1.99. The number of hydrogen-bond donors (Lipinski definition) is 1. The average molecular weight is 300 g/mol. The molecule has 3 nitrogen and oxygen atoms in total. The summed E-state index contributed by atoms with van der Waals surface area (Å²) in [5.74, 6) is 2.52. The Bertz CT molecular complexity index is 401. The summed E-state index contributed by atoms with van der Waals surface area (Å²) in [6.07, 6.45) is 1.28. The molecular formula is C14H25N3S2. The molecule has 0 saturated carbocycles. The highest BCUT2D eigenvalue weighted by Crippen LogP contribution is 2.28. The van der Waals surface area contributed by atoms with Gasteiger partial charge in [0.25, 0.3) is 0 Å². The van der Waals surface area contributed by atoms with Crippen molar-refractivity contribution in [1.29, 1.82) is 0 Å². The van der Waals surface area contributed by atoms with Crippen LogP contribution < -0.4 is 10.2 Å². The number of thioether (sulfide) groups is 1. The number of aryl methyl sites for hydroxylation is 1. The number of hydrogen-bond acceptors (Lipinski definition) is 5. The van der Waals surface area contributed by atoms with E-state index in [1.54, 1.807) is 0 Å². The second kappa shape index (κ2) is 6.46. The highest BCUT2D eigenvalue weighted by Gasteiger charge is 2.17. The van der Waals surface area contributed by atoms with Gasteiger partial charge >= 0.3 is 0 Å². The summed E-state index contributed by atoms with van der Waals surface area (Å²) in [7, 11) is 0. The minimum absolute atomic E-state index is 0.163. The molecule has 0 radical (unpaired) electrons. The van der Waals surface area contributed by atoms with Crippen LogP contribution in [0.1, 0.15) is 37.8 Å². The van der Waals surface area contributed by atoms with Crippen molar-refractivity contribution >= 4 is 28.2 Å². The molecule has 2 heterocycles. The van der Waals surface area contributed by atoms with Gasteiger partial charge in [0.15, 0.2) is 5.13 Å². The van der Waals surface area contributed by atoms with E-state index in [2.05, 4.69) is 49.7 Å². The molecule has 2 rings (SSSR count). The Morgan fingerprint density at radius 3 is 2.79 bits per heavy atom. The molecule has 1 aromatic rings. The molecule has 108 valence electrons. The lowest BCUT2D eigenvalue weighted by molar-refractivity contribution is 0.425. The van der Waals surface area contributed by atoms with Crippen LogP contribution in [0.15, 0.2) is 0 Å². The van der Waals surface area contributed by atoms with Gasteiger partial charge in [-0.3, -0.25) is 0 Å². The van der Waals surface area contributed by atoms with Gasteiger partial charge in [0.1, 0.15) is 0 Å². The lowest BCUT2D eigenvalue weighted by Gasteiger charge is -2.20. The molecule has 1 N–H and O–H groups in total. The number of aromatic nitrogens is 1. The Balaban J connectivity index is 2.02. The molecular weight excluding hydrogens is 274 g/mol. The van der Waals surface area contributed by atoms with Gasteiger partial charge in [-0.25, -0.2) is 4.98 Å². The van der Waals surface area contributed by atoms with Gasteiger partial charge < -0.3 is 10.2 Å². The zero-order chi connectivity index (χ0) is 13.9. The van der Waals surface area contributed by atoms with Gasteiger partial charge in [-0.1, -0.05) is 0 Å². The molecule has 1 saturated heterocycles. The maximum Gasteiger partial charge on any atom is 0.185 e. The Labute approximate surface area is 125 Å². The second-order valence-electron chi connectivity index (χ2n) is 6.06. The number of rotatable bonds is 3. The monoisotopic (exact) mass is 299 g/mol. The molecule has 0 amide bonds. The fraction of sp³-hybridized carbons (Fsp3) is 0.786. The topological polar surface area (TPSA) is 28.2 Å². The predicted molar refractivity (Wildman–Crippen MR) is 87.6 cm³/mol. The van der Waals surface area contributed by atoms with Crippen molar-refractivity contribution < 1.29 is 0 Å². The molecule has 5 heteroatoms. The van der Waals surface area contributed by atoms with Crippen molar-refractivity contribution in [3.05, 3.63) is 10.6 Å². The second-order valence-corrected chi connectivity index (χ2v) is 8.35. The molecule has 1 fully saturated rings. The third-order valence-corrected chi connectivity index (χ3v) is 5.42. The molecule has 0 spiro atoms. The number of nitrogens with zero attached hydrogens (tertiary/aromatic N) is 2. The molecule has 1 aliphatic rings. The van der Waals surface area contributed by atoms with Crippen molar-refractivity contribution in [1.82, 2.24) is 10.3 Å². The summed E-state index contributed by atoms with van der Waals surface area (Å²) < 4.78 is 0. The molecule has 1 aliphatic heterocycles. The maximum atomic E-state index is 4.77. The van der Waals surface area contributed by atoms with Gasteiger partial charge in [-0.15, -0.1) is 11.3 Å². The van der Waals surface area contributed by atoms with Crippen LogP contribution in [-0.4, -0.2) is 35.1 Å². The Morgan fingerprint density at radius 1 is 1.26 bits per heavy atom. The van der Waals surface area contributed by atoms with Crippen LogP contribution >= 0.6 is 23.1 Å². The van der Waals surface area contributed by atoms with E-state index in [0.29, 0.717) is 0 Å². The zero-order valence-corrected chi connectivity index (χ0v) is 14.1. The summed E-state index contributed by atoms with van der Waals surface area (Å²) in [6.45, 7) is 12.0. The van der Waals surface area contributed by atoms with Gasteiger partial charge in [0.2, 0.25) is 0 Å². The van der Waals surface area contributed by atoms with Crippen molar-refractivity contribution in [2.75, 3.05) is 29.5 Å². The van der Waals surface area contributed by atoms with Crippen LogP contribution in [0.2, 0.25) is 0 Å². The van der Waals surface area contributed by atoms with Crippen LogP contribution in [0, 0.1) is 6.92 Å². The third kappa shape index (κ3) is 4.65. The highest BCUT2D eigenvalue weighted by molar-refractivity contribution is 7.99. The first-order chi connectivity index (χ1) is 8.96. The SMILES string of the molecule is Cc1nc(N2CCCSCC2)sc1CNC(C)(C)C. The standard InChI is InChI=1S/C14H25N3S2/c1-11-12(10-15-14(2,3)4)19-13(16-11)17-6-5-8-18-9-7-17/h15H,5-10H2,1-4H3. The number of nitrogens with one attached hydrogen (secondary N) is 1. The van der Waals surface area contributed by atoms with Crippen LogP contribution in [0.3, 0.4) is 0 Å². The normalized spacial score (nSPS) is 17.6. The lowest BCUT2D eigenvalue weighted by Crippen LogP contribution is -2.34. The smallest absolute Gasteiger partial charge is 0.185 e. The molecule has 1 aromatic heterocycles. The van der Waals surface area contributed by atoms with Crippen molar-refractivity contribution in [3.63, 3.8) is 0 Å². The van der Waals surface area contributed by atoms with Crippen molar-refractivity contribution in [3.8, 4) is 0 Å². The first-order valence-electron chi connectivity index (χ1n) is 7.00. The maximum absolute atomic E-state index is 4.77. The lowest BCUT2D eigenvalue weighted by atomic mass is 10.1. The van der Waals surface area contributed by atoms with E-state index in [0.717, 1.165) is 19.6 Å². The quantitative estimate of drug-likeness (QED) is 0.927. The zero-order valence-electron chi connectivity index (χ0n) is 12.5. The predicted octanol–water partition coefficient (Wildman–Crippen LogP) is 3.28. The largest absolute Gasteiger partial charge is 0.347 e. The van der Waals surface area contributed by atoms with Gasteiger partial charge in [-0.05, 0) is 39.9 Å². The van der Waals surface area contributed by atoms with E-state index >= 15 is 0 Å². The number of anilines is 1. The minimum atomic E-state index is 0.163. The average Bonchev–Trinajstić information content (AvgIpc) is 2.54. The third-order valence-electron chi connectivity index (χ3n) is 3.15. The van der Waals surface area contributed by atoms with Gasteiger partial charge in [-0.2, -0.15) is 11.8 Å². The van der Waals surface area contributed by atoms with Crippen LogP contribution in [-0.2, 0) is 6.54 Å². The summed E-state index contributed by atoms with van der Waals surface area (Å²) in [5.41, 5.74) is 1.35. The summed E-state index contributed by atoms with van der Waals surface area (Å²) >= 11 is 3.92. The Hall–Kier alpha value is -0.260. The van der Waals surface area contributed by atoms with Crippen molar-refractivity contribution in [2.24, 2.45) is 0 Å². The van der Waals surface area contributed by atoms with Gasteiger partial charge in [0, 0.05) is 35.8 Å². The van der Waals surface area contributed by atoms with E-state index in [1.807, 2.05) is 11.3 Å². The molecule has 19 heavy (non-hydrogen) atoms. The molecule has 0 aliphatic carbocycles. The van der Waals surface area contributed by atoms with Crippen LogP contribution in [0.25, 0.3) is 0 Å².